The number of hydrogen-bond acceptors (Lipinski definition) is 5. The van der Waals surface area contributed by atoms with Crippen molar-refractivity contribution < 1.29 is 4.74 Å². The molecule has 0 amide bonds. The summed E-state index contributed by atoms with van der Waals surface area (Å²) < 4.78 is 7.03. The molecule has 3 rings (SSSR count). The first-order valence-electron chi connectivity index (χ1n) is 7.03. The van der Waals surface area contributed by atoms with Gasteiger partial charge in [-0.2, -0.15) is 5.10 Å². The lowest BCUT2D eigenvalue weighted by molar-refractivity contribution is 0.414. The Labute approximate surface area is 133 Å². The lowest BCUT2D eigenvalue weighted by atomic mass is 10.1. The third-order valence-electron chi connectivity index (χ3n) is 3.43. The summed E-state index contributed by atoms with van der Waals surface area (Å²) in [4.78, 5) is 5.66. The van der Waals surface area contributed by atoms with E-state index < -0.39 is 0 Å². The molecule has 0 aliphatic rings. The number of anilines is 1. The SMILES string of the molecule is COc1ccc(Cc2cnc(NCc3ccnn3C)s2)cc1. The highest BCUT2D eigenvalue weighted by Gasteiger charge is 2.05. The normalized spacial score (nSPS) is 10.6. The van der Waals surface area contributed by atoms with Crippen molar-refractivity contribution in [1.29, 1.82) is 0 Å². The van der Waals surface area contributed by atoms with Gasteiger partial charge in [-0.3, -0.25) is 4.68 Å². The van der Waals surface area contributed by atoms with Crippen molar-refractivity contribution in [2.24, 2.45) is 7.05 Å². The van der Waals surface area contributed by atoms with E-state index in [4.69, 9.17) is 4.74 Å². The Morgan fingerprint density at radius 1 is 1.23 bits per heavy atom. The second-order valence-electron chi connectivity index (χ2n) is 4.96. The van der Waals surface area contributed by atoms with E-state index in [0.717, 1.165) is 29.5 Å². The molecule has 0 bridgehead atoms. The molecule has 2 heterocycles. The predicted octanol–water partition coefficient (Wildman–Crippen LogP) is 3.09. The zero-order chi connectivity index (χ0) is 15.4. The third kappa shape index (κ3) is 3.46. The minimum Gasteiger partial charge on any atom is -0.497 e. The van der Waals surface area contributed by atoms with E-state index in [-0.39, 0.29) is 0 Å². The van der Waals surface area contributed by atoms with Crippen molar-refractivity contribution >= 4 is 16.5 Å². The van der Waals surface area contributed by atoms with Gasteiger partial charge in [-0.1, -0.05) is 12.1 Å². The van der Waals surface area contributed by atoms with E-state index in [1.807, 2.05) is 36.1 Å². The van der Waals surface area contributed by atoms with Crippen LogP contribution in [0.5, 0.6) is 5.75 Å². The Balaban J connectivity index is 1.59. The van der Waals surface area contributed by atoms with Crippen molar-refractivity contribution in [1.82, 2.24) is 14.8 Å². The van der Waals surface area contributed by atoms with E-state index in [1.54, 1.807) is 24.6 Å². The third-order valence-corrected chi connectivity index (χ3v) is 4.39. The maximum atomic E-state index is 5.17. The number of aryl methyl sites for hydroxylation is 1. The smallest absolute Gasteiger partial charge is 0.183 e. The number of hydrogen-bond donors (Lipinski definition) is 1. The van der Waals surface area contributed by atoms with Gasteiger partial charge in [0.1, 0.15) is 5.75 Å². The van der Waals surface area contributed by atoms with E-state index in [0.29, 0.717) is 0 Å². The standard InChI is InChI=1S/C16H18N4OS/c1-20-13(7-8-19-20)10-17-16-18-11-15(22-16)9-12-3-5-14(21-2)6-4-12/h3-8,11H,9-10H2,1-2H3,(H,17,18). The molecule has 0 spiro atoms. The molecule has 114 valence electrons. The topological polar surface area (TPSA) is 52.0 Å². The molecule has 0 radical (unpaired) electrons. The van der Waals surface area contributed by atoms with Crippen LogP contribution in [-0.4, -0.2) is 21.9 Å². The van der Waals surface area contributed by atoms with Gasteiger partial charge in [0.05, 0.1) is 19.3 Å². The van der Waals surface area contributed by atoms with E-state index in [9.17, 15) is 0 Å². The lowest BCUT2D eigenvalue weighted by Crippen LogP contribution is -2.04. The summed E-state index contributed by atoms with van der Waals surface area (Å²) in [7, 11) is 3.62. The summed E-state index contributed by atoms with van der Waals surface area (Å²) in [6.45, 7) is 0.728. The maximum Gasteiger partial charge on any atom is 0.183 e. The summed E-state index contributed by atoms with van der Waals surface area (Å²) >= 11 is 1.68. The molecule has 0 aliphatic heterocycles. The van der Waals surface area contributed by atoms with Crippen molar-refractivity contribution in [3.05, 3.63) is 58.9 Å². The Morgan fingerprint density at radius 2 is 2.05 bits per heavy atom. The minimum atomic E-state index is 0.728. The Hall–Kier alpha value is -2.34. The number of nitrogens with zero attached hydrogens (tertiary/aromatic N) is 3. The Kier molecular flexibility index (Phi) is 4.39. The van der Waals surface area contributed by atoms with Crippen LogP contribution in [0.3, 0.4) is 0 Å². The fourth-order valence-electron chi connectivity index (χ4n) is 2.16. The number of nitrogens with one attached hydrogen (secondary N) is 1. The van der Waals surface area contributed by atoms with Crippen LogP contribution in [0.2, 0.25) is 0 Å². The Bertz CT molecular complexity index is 733. The summed E-state index contributed by atoms with van der Waals surface area (Å²) in [5.41, 5.74) is 2.38. The number of aromatic nitrogens is 3. The summed E-state index contributed by atoms with van der Waals surface area (Å²) in [6, 6.07) is 10.1. The summed E-state index contributed by atoms with van der Waals surface area (Å²) in [6.07, 6.45) is 4.61. The van der Waals surface area contributed by atoms with Gasteiger partial charge >= 0.3 is 0 Å². The number of thiazole rings is 1. The molecule has 6 heteroatoms. The Morgan fingerprint density at radius 3 is 2.73 bits per heavy atom. The van der Waals surface area contributed by atoms with Crippen LogP contribution in [0.25, 0.3) is 0 Å². The average molecular weight is 314 g/mol. The fourth-order valence-corrected chi connectivity index (χ4v) is 3.00. The van der Waals surface area contributed by atoms with Crippen molar-refractivity contribution in [3.8, 4) is 5.75 Å². The first-order valence-corrected chi connectivity index (χ1v) is 7.84. The van der Waals surface area contributed by atoms with Gasteiger partial charge in [0.15, 0.2) is 5.13 Å². The fraction of sp³-hybridized carbons (Fsp3) is 0.250. The van der Waals surface area contributed by atoms with Crippen molar-refractivity contribution in [2.45, 2.75) is 13.0 Å². The predicted molar refractivity (Wildman–Crippen MR) is 88.4 cm³/mol. The molecule has 0 saturated carbocycles. The van der Waals surface area contributed by atoms with Crippen molar-refractivity contribution in [2.75, 3.05) is 12.4 Å². The summed E-state index contributed by atoms with van der Waals surface area (Å²) in [5.74, 6) is 0.881. The molecule has 0 unspecified atom stereocenters. The largest absolute Gasteiger partial charge is 0.497 e. The lowest BCUT2D eigenvalue weighted by Gasteiger charge is -2.03. The molecule has 2 aromatic heterocycles. The first kappa shape index (κ1) is 14.6. The first-order chi connectivity index (χ1) is 10.7. The molecule has 0 atom stereocenters. The van der Waals surface area contributed by atoms with Crippen LogP contribution in [0.4, 0.5) is 5.13 Å². The van der Waals surface area contributed by atoms with Crippen LogP contribution in [0.1, 0.15) is 16.1 Å². The zero-order valence-electron chi connectivity index (χ0n) is 12.6. The summed E-state index contributed by atoms with van der Waals surface area (Å²) in [5, 5.41) is 8.43. The van der Waals surface area contributed by atoms with Gasteiger partial charge in [-0.25, -0.2) is 4.98 Å². The second-order valence-corrected chi connectivity index (χ2v) is 6.07. The van der Waals surface area contributed by atoms with E-state index >= 15 is 0 Å². The van der Waals surface area contributed by atoms with Gasteiger partial charge in [0.25, 0.3) is 0 Å². The van der Waals surface area contributed by atoms with Crippen molar-refractivity contribution in [3.63, 3.8) is 0 Å². The molecule has 0 aliphatic carbocycles. The van der Waals surface area contributed by atoms with Gasteiger partial charge in [0, 0.05) is 30.7 Å². The second kappa shape index (κ2) is 6.62. The van der Waals surface area contributed by atoms with Crippen LogP contribution in [-0.2, 0) is 20.0 Å². The van der Waals surface area contributed by atoms with Crippen LogP contribution in [0, 0.1) is 0 Å². The molecular formula is C16H18N4OS. The number of methoxy groups -OCH3 is 1. The van der Waals surface area contributed by atoms with Gasteiger partial charge < -0.3 is 10.1 Å². The molecule has 22 heavy (non-hydrogen) atoms. The molecule has 1 N–H and O–H groups in total. The average Bonchev–Trinajstić information content (AvgIpc) is 3.15. The van der Waals surface area contributed by atoms with Gasteiger partial charge in [-0.05, 0) is 23.8 Å². The van der Waals surface area contributed by atoms with E-state index in [2.05, 4.69) is 27.5 Å². The maximum absolute atomic E-state index is 5.17. The molecule has 0 fully saturated rings. The highest BCUT2D eigenvalue weighted by Crippen LogP contribution is 2.22. The number of benzene rings is 1. The molecule has 0 saturated heterocycles. The number of ether oxygens (including phenoxy) is 1. The highest BCUT2D eigenvalue weighted by molar-refractivity contribution is 7.15. The zero-order valence-corrected chi connectivity index (χ0v) is 13.4. The number of rotatable bonds is 6. The molecule has 5 nitrogen and oxygen atoms in total. The van der Waals surface area contributed by atoms with Crippen LogP contribution >= 0.6 is 11.3 Å². The van der Waals surface area contributed by atoms with Gasteiger partial charge in [-0.15, -0.1) is 11.3 Å². The molecule has 1 aromatic carbocycles. The minimum absolute atomic E-state index is 0.728. The molecular weight excluding hydrogens is 296 g/mol. The van der Waals surface area contributed by atoms with Crippen LogP contribution < -0.4 is 10.1 Å². The van der Waals surface area contributed by atoms with Gasteiger partial charge in [0.2, 0.25) is 0 Å². The molecule has 3 aromatic rings. The van der Waals surface area contributed by atoms with Crippen LogP contribution in [0.15, 0.2) is 42.7 Å². The monoisotopic (exact) mass is 314 g/mol. The quantitative estimate of drug-likeness (QED) is 0.759. The highest BCUT2D eigenvalue weighted by atomic mass is 32.1. The van der Waals surface area contributed by atoms with E-state index in [1.165, 1.54) is 10.4 Å².